The molecule has 1 aromatic rings. The van der Waals surface area contributed by atoms with Gasteiger partial charge in [-0.2, -0.15) is 0 Å². The van der Waals surface area contributed by atoms with Crippen LogP contribution in [0.2, 0.25) is 0 Å². The van der Waals surface area contributed by atoms with Crippen molar-refractivity contribution in [2.75, 3.05) is 18.6 Å². The van der Waals surface area contributed by atoms with E-state index < -0.39 is 5.97 Å². The van der Waals surface area contributed by atoms with Crippen LogP contribution in [0.5, 0.6) is 0 Å². The Kier molecular flexibility index (Phi) is 7.90. The summed E-state index contributed by atoms with van der Waals surface area (Å²) in [5.74, 6) is 5.76. The molecule has 0 bridgehead atoms. The number of thiophene rings is 1. The summed E-state index contributed by atoms with van der Waals surface area (Å²) in [4.78, 5) is 27.9. The second kappa shape index (κ2) is 9.77. The zero-order chi connectivity index (χ0) is 21.8. The van der Waals surface area contributed by atoms with Crippen molar-refractivity contribution >= 4 is 28.9 Å². The number of nitrogens with zero attached hydrogens (tertiary/aromatic N) is 1. The molecule has 0 aromatic carbocycles. The van der Waals surface area contributed by atoms with Gasteiger partial charge < -0.3 is 14.7 Å². The lowest BCUT2D eigenvalue weighted by Gasteiger charge is -2.34. The van der Waals surface area contributed by atoms with Crippen LogP contribution in [0, 0.1) is 29.1 Å². The lowest BCUT2D eigenvalue weighted by molar-refractivity contribution is -0.124. The van der Waals surface area contributed by atoms with Crippen molar-refractivity contribution in [1.29, 1.82) is 0 Å². The van der Waals surface area contributed by atoms with Gasteiger partial charge in [0.1, 0.15) is 4.88 Å². The fourth-order valence-electron chi connectivity index (χ4n) is 3.62. The number of carboxylic acid groups (broad SMARTS) is 1. The minimum absolute atomic E-state index is 0.00270. The van der Waals surface area contributed by atoms with Crippen molar-refractivity contribution in [2.24, 2.45) is 17.3 Å². The summed E-state index contributed by atoms with van der Waals surface area (Å²) in [6.07, 6.45) is 3.75. The minimum Gasteiger partial charge on any atom is -0.477 e. The number of rotatable bonds is 6. The molecule has 6 heteroatoms. The molecule has 29 heavy (non-hydrogen) atoms. The van der Waals surface area contributed by atoms with Crippen molar-refractivity contribution in [1.82, 2.24) is 0 Å². The van der Waals surface area contributed by atoms with Crippen LogP contribution in [0.1, 0.15) is 74.9 Å². The fraction of sp³-hybridized carbons (Fsp3) is 0.652. The van der Waals surface area contributed by atoms with Gasteiger partial charge in [-0.1, -0.05) is 18.8 Å². The van der Waals surface area contributed by atoms with Crippen LogP contribution in [-0.4, -0.2) is 36.7 Å². The topological polar surface area (TPSA) is 66.8 Å². The molecule has 1 saturated carbocycles. The van der Waals surface area contributed by atoms with Gasteiger partial charge in [0.05, 0.1) is 23.2 Å². The summed E-state index contributed by atoms with van der Waals surface area (Å²) in [7, 11) is 1.59. The Labute approximate surface area is 178 Å². The number of amides is 1. The average molecular weight is 420 g/mol. The van der Waals surface area contributed by atoms with E-state index in [0.717, 1.165) is 37.0 Å². The Morgan fingerprint density at radius 1 is 1.31 bits per heavy atom. The van der Waals surface area contributed by atoms with E-state index in [-0.39, 0.29) is 28.2 Å². The molecule has 1 aromatic heterocycles. The van der Waals surface area contributed by atoms with Gasteiger partial charge in [0.15, 0.2) is 0 Å². The van der Waals surface area contributed by atoms with Crippen molar-refractivity contribution in [3.05, 3.63) is 15.8 Å². The van der Waals surface area contributed by atoms with Crippen LogP contribution >= 0.6 is 11.3 Å². The first-order valence-electron chi connectivity index (χ1n) is 10.3. The number of aromatic carboxylic acids is 1. The number of hydrogen-bond donors (Lipinski definition) is 1. The maximum Gasteiger partial charge on any atom is 0.348 e. The molecule has 1 fully saturated rings. The van der Waals surface area contributed by atoms with Crippen LogP contribution in [0.15, 0.2) is 6.07 Å². The molecule has 1 amide bonds. The first-order valence-corrected chi connectivity index (χ1v) is 11.1. The van der Waals surface area contributed by atoms with Gasteiger partial charge in [-0.25, -0.2) is 4.79 Å². The highest BCUT2D eigenvalue weighted by Gasteiger charge is 2.34. The number of anilines is 1. The quantitative estimate of drug-likeness (QED) is 0.656. The van der Waals surface area contributed by atoms with E-state index >= 15 is 0 Å². The van der Waals surface area contributed by atoms with E-state index in [1.165, 1.54) is 0 Å². The van der Waals surface area contributed by atoms with E-state index in [0.29, 0.717) is 23.1 Å². The Bertz CT molecular complexity index is 788. The van der Waals surface area contributed by atoms with Crippen molar-refractivity contribution < 1.29 is 19.4 Å². The fourth-order valence-corrected chi connectivity index (χ4v) is 4.46. The highest BCUT2D eigenvalue weighted by atomic mass is 32.1. The Hall–Kier alpha value is -1.84. The molecule has 0 spiro atoms. The number of carbonyl (C=O) groups excluding carboxylic acids is 1. The third-order valence-electron chi connectivity index (χ3n) is 5.18. The maximum absolute atomic E-state index is 13.5. The molecule has 1 heterocycles. The number of methoxy groups -OCH3 is 1. The van der Waals surface area contributed by atoms with Gasteiger partial charge in [0.2, 0.25) is 5.91 Å². The van der Waals surface area contributed by atoms with Gasteiger partial charge in [-0.05, 0) is 65.4 Å². The molecule has 160 valence electrons. The lowest BCUT2D eigenvalue weighted by Crippen LogP contribution is -2.45. The molecule has 0 aliphatic heterocycles. The third-order valence-corrected chi connectivity index (χ3v) is 6.21. The highest BCUT2D eigenvalue weighted by molar-refractivity contribution is 7.15. The Morgan fingerprint density at radius 2 is 1.93 bits per heavy atom. The van der Waals surface area contributed by atoms with Gasteiger partial charge in [-0.3, -0.25) is 4.79 Å². The number of ether oxygens (including phenoxy) is 1. The van der Waals surface area contributed by atoms with Gasteiger partial charge in [0.25, 0.3) is 0 Å². The first-order chi connectivity index (χ1) is 13.5. The molecule has 1 aliphatic rings. The zero-order valence-electron chi connectivity index (χ0n) is 18.4. The van der Waals surface area contributed by atoms with Crippen molar-refractivity contribution in [2.45, 2.75) is 66.3 Å². The zero-order valence-corrected chi connectivity index (χ0v) is 19.2. The molecule has 1 N–H and O–H groups in total. The largest absolute Gasteiger partial charge is 0.477 e. The smallest absolute Gasteiger partial charge is 0.348 e. The minimum atomic E-state index is -1.03. The molecular formula is C23H33NO4S. The molecule has 1 atom stereocenters. The van der Waals surface area contributed by atoms with Crippen LogP contribution in [0.25, 0.3) is 0 Å². The third kappa shape index (κ3) is 6.32. The van der Waals surface area contributed by atoms with Gasteiger partial charge >= 0.3 is 5.97 Å². The SMILES string of the molecule is COC[C@@H](C)N(c1cc(C#CC(C)(C)C)sc1C(=O)O)C(=O)[C@H]1CC[C@H](C)CC1. The molecule has 2 rings (SSSR count). The summed E-state index contributed by atoms with van der Waals surface area (Å²) < 4.78 is 5.29. The van der Waals surface area contributed by atoms with E-state index in [2.05, 4.69) is 18.8 Å². The second-order valence-corrected chi connectivity index (χ2v) is 10.2. The number of carboxylic acids is 1. The van der Waals surface area contributed by atoms with Crippen LogP contribution in [-0.2, 0) is 9.53 Å². The summed E-state index contributed by atoms with van der Waals surface area (Å²) in [6.45, 7) is 10.5. The molecule has 0 radical (unpaired) electrons. The summed E-state index contributed by atoms with van der Waals surface area (Å²) in [5.41, 5.74) is 0.249. The average Bonchev–Trinajstić information content (AvgIpc) is 3.04. The number of carbonyl (C=O) groups is 2. The van der Waals surface area contributed by atoms with Gasteiger partial charge in [0, 0.05) is 18.4 Å². The van der Waals surface area contributed by atoms with Crippen LogP contribution < -0.4 is 4.90 Å². The predicted molar refractivity (Wildman–Crippen MR) is 118 cm³/mol. The monoisotopic (exact) mass is 419 g/mol. The number of hydrogen-bond acceptors (Lipinski definition) is 4. The molecule has 0 saturated heterocycles. The molecule has 5 nitrogen and oxygen atoms in total. The van der Waals surface area contributed by atoms with Gasteiger partial charge in [-0.15, -0.1) is 11.3 Å². The highest BCUT2D eigenvalue weighted by Crippen LogP contribution is 2.36. The maximum atomic E-state index is 13.5. The first kappa shape index (κ1) is 23.4. The Morgan fingerprint density at radius 3 is 2.45 bits per heavy atom. The van der Waals surface area contributed by atoms with E-state index in [1.54, 1.807) is 18.1 Å². The van der Waals surface area contributed by atoms with Crippen LogP contribution in [0.4, 0.5) is 5.69 Å². The van der Waals surface area contributed by atoms with E-state index in [4.69, 9.17) is 4.74 Å². The lowest BCUT2D eigenvalue weighted by atomic mass is 9.82. The summed E-state index contributed by atoms with van der Waals surface area (Å²) >= 11 is 1.13. The Balaban J connectivity index is 2.46. The summed E-state index contributed by atoms with van der Waals surface area (Å²) in [5, 5.41) is 9.79. The second-order valence-electron chi connectivity index (χ2n) is 9.10. The standard InChI is InChI=1S/C23H33NO4S/c1-15-7-9-17(10-8-15)21(25)24(16(2)14-28-6)19-13-18(11-12-23(3,4)5)29-20(19)22(26)27/h13,15-17H,7-10,14H2,1-6H3,(H,26,27)/t15-,16-,17-/m1/s1. The normalized spacial score (nSPS) is 20.5. The molecule has 0 unspecified atom stereocenters. The van der Waals surface area contributed by atoms with E-state index in [1.807, 2.05) is 27.7 Å². The predicted octanol–water partition coefficient (Wildman–Crippen LogP) is 5.04. The van der Waals surface area contributed by atoms with Crippen molar-refractivity contribution in [3.8, 4) is 11.8 Å². The van der Waals surface area contributed by atoms with E-state index in [9.17, 15) is 14.7 Å². The van der Waals surface area contributed by atoms with Crippen molar-refractivity contribution in [3.63, 3.8) is 0 Å². The summed E-state index contributed by atoms with van der Waals surface area (Å²) in [6, 6.07) is 1.49. The molecular weight excluding hydrogens is 386 g/mol. The molecule has 1 aliphatic carbocycles. The van der Waals surface area contributed by atoms with Crippen LogP contribution in [0.3, 0.4) is 0 Å².